The average molecular weight is 242 g/mol. The van der Waals surface area contributed by atoms with Gasteiger partial charge in [0.2, 0.25) is 0 Å². The van der Waals surface area contributed by atoms with Crippen molar-refractivity contribution in [1.82, 2.24) is 5.16 Å². The molecule has 0 fully saturated rings. The van der Waals surface area contributed by atoms with Crippen LogP contribution in [0.4, 0.5) is 5.69 Å². The minimum atomic E-state index is -0.189. The van der Waals surface area contributed by atoms with Crippen LogP contribution < -0.4 is 5.32 Å². The Morgan fingerprint density at radius 1 is 1.28 bits per heavy atom. The highest BCUT2D eigenvalue weighted by atomic mass is 16.5. The standard InChI is InChI=1S/C14H14N2O2/c1-9-5-7-10(8-6-9)15-14(17)13-11-3-2-4-12(11)18-16-13/h5-8H,2-4H2,1H3,(H,15,17). The maximum Gasteiger partial charge on any atom is 0.278 e. The van der Waals surface area contributed by atoms with Gasteiger partial charge in [0.05, 0.1) is 0 Å². The van der Waals surface area contributed by atoms with Crippen molar-refractivity contribution in [2.24, 2.45) is 0 Å². The average Bonchev–Trinajstić information content (AvgIpc) is 2.93. The fourth-order valence-corrected chi connectivity index (χ4v) is 2.23. The first-order valence-electron chi connectivity index (χ1n) is 6.09. The van der Waals surface area contributed by atoms with E-state index in [-0.39, 0.29) is 5.91 Å². The third-order valence-electron chi connectivity index (χ3n) is 3.22. The molecule has 0 spiro atoms. The minimum Gasteiger partial charge on any atom is -0.360 e. The van der Waals surface area contributed by atoms with Gasteiger partial charge in [-0.25, -0.2) is 0 Å². The van der Waals surface area contributed by atoms with Crippen LogP contribution in [-0.4, -0.2) is 11.1 Å². The third-order valence-corrected chi connectivity index (χ3v) is 3.22. The molecular formula is C14H14N2O2. The Bertz CT molecular complexity index is 584. The Kier molecular flexibility index (Phi) is 2.63. The summed E-state index contributed by atoms with van der Waals surface area (Å²) in [5, 5.41) is 6.70. The largest absolute Gasteiger partial charge is 0.360 e. The van der Waals surface area contributed by atoms with Crippen LogP contribution in [-0.2, 0) is 12.8 Å². The van der Waals surface area contributed by atoms with Gasteiger partial charge in [0, 0.05) is 17.7 Å². The van der Waals surface area contributed by atoms with Gasteiger partial charge in [-0.05, 0) is 31.9 Å². The Morgan fingerprint density at radius 3 is 2.83 bits per heavy atom. The second-order valence-electron chi connectivity index (χ2n) is 4.61. The first kappa shape index (κ1) is 11.0. The van der Waals surface area contributed by atoms with Crippen LogP contribution in [0.15, 0.2) is 28.8 Å². The van der Waals surface area contributed by atoms with Crippen LogP contribution in [0, 0.1) is 6.92 Å². The summed E-state index contributed by atoms with van der Waals surface area (Å²) in [5.74, 6) is 0.676. The molecule has 4 heteroatoms. The Balaban J connectivity index is 1.80. The topological polar surface area (TPSA) is 55.1 Å². The van der Waals surface area contributed by atoms with Gasteiger partial charge in [-0.15, -0.1) is 0 Å². The molecule has 1 heterocycles. The smallest absolute Gasteiger partial charge is 0.278 e. The number of nitrogens with one attached hydrogen (secondary N) is 1. The predicted octanol–water partition coefficient (Wildman–Crippen LogP) is 2.72. The van der Waals surface area contributed by atoms with Crippen LogP contribution in [0.25, 0.3) is 0 Å². The summed E-state index contributed by atoms with van der Waals surface area (Å²) < 4.78 is 5.17. The highest BCUT2D eigenvalue weighted by Crippen LogP contribution is 2.25. The number of aryl methyl sites for hydroxylation is 2. The molecule has 0 radical (unpaired) electrons. The number of rotatable bonds is 2. The maximum atomic E-state index is 12.1. The van der Waals surface area contributed by atoms with E-state index in [2.05, 4.69) is 10.5 Å². The third kappa shape index (κ3) is 1.90. The molecule has 0 atom stereocenters. The Hall–Kier alpha value is -2.10. The van der Waals surface area contributed by atoms with Crippen molar-refractivity contribution in [2.75, 3.05) is 5.32 Å². The van der Waals surface area contributed by atoms with Crippen LogP contribution in [0.2, 0.25) is 0 Å². The molecule has 1 aliphatic carbocycles. The summed E-state index contributed by atoms with van der Waals surface area (Å²) in [4.78, 5) is 12.1. The first-order valence-corrected chi connectivity index (χ1v) is 6.09. The van der Waals surface area contributed by atoms with Crippen LogP contribution in [0.5, 0.6) is 0 Å². The van der Waals surface area contributed by atoms with Gasteiger partial charge in [-0.3, -0.25) is 4.79 Å². The molecular weight excluding hydrogens is 228 g/mol. The van der Waals surface area contributed by atoms with E-state index in [1.54, 1.807) is 0 Å². The van der Waals surface area contributed by atoms with Crippen molar-refractivity contribution >= 4 is 11.6 Å². The summed E-state index contributed by atoms with van der Waals surface area (Å²) >= 11 is 0. The number of aromatic nitrogens is 1. The van der Waals surface area contributed by atoms with Gasteiger partial charge in [-0.2, -0.15) is 0 Å². The second kappa shape index (κ2) is 4.29. The van der Waals surface area contributed by atoms with Crippen molar-refractivity contribution < 1.29 is 9.32 Å². The van der Waals surface area contributed by atoms with Gasteiger partial charge >= 0.3 is 0 Å². The number of benzene rings is 1. The lowest BCUT2D eigenvalue weighted by molar-refractivity contribution is 0.101. The zero-order chi connectivity index (χ0) is 12.5. The first-order chi connectivity index (χ1) is 8.74. The summed E-state index contributed by atoms with van der Waals surface area (Å²) in [6.45, 7) is 2.01. The van der Waals surface area contributed by atoms with E-state index < -0.39 is 0 Å². The Morgan fingerprint density at radius 2 is 2.06 bits per heavy atom. The van der Waals surface area contributed by atoms with Gasteiger partial charge in [-0.1, -0.05) is 22.9 Å². The maximum absolute atomic E-state index is 12.1. The number of nitrogens with zero attached hydrogens (tertiary/aromatic N) is 1. The minimum absolute atomic E-state index is 0.189. The fraction of sp³-hybridized carbons (Fsp3) is 0.286. The molecule has 1 aliphatic rings. The highest BCUT2D eigenvalue weighted by Gasteiger charge is 2.25. The summed E-state index contributed by atoms with van der Waals surface area (Å²) in [5.41, 5.74) is 3.35. The van der Waals surface area contributed by atoms with Crippen LogP contribution >= 0.6 is 0 Å². The predicted molar refractivity (Wildman–Crippen MR) is 67.7 cm³/mol. The highest BCUT2D eigenvalue weighted by molar-refractivity contribution is 6.04. The normalized spacial score (nSPS) is 13.4. The molecule has 3 rings (SSSR count). The zero-order valence-corrected chi connectivity index (χ0v) is 10.2. The van der Waals surface area contributed by atoms with Gasteiger partial charge in [0.25, 0.3) is 5.91 Å². The molecule has 0 unspecified atom stereocenters. The molecule has 0 aliphatic heterocycles. The molecule has 1 amide bonds. The molecule has 1 aromatic carbocycles. The van der Waals surface area contributed by atoms with Crippen LogP contribution in [0.1, 0.15) is 33.8 Å². The van der Waals surface area contributed by atoms with Gasteiger partial charge in [0.15, 0.2) is 5.69 Å². The molecule has 18 heavy (non-hydrogen) atoms. The van der Waals surface area contributed by atoms with Crippen molar-refractivity contribution in [3.8, 4) is 0 Å². The molecule has 0 saturated carbocycles. The molecule has 1 aromatic heterocycles. The zero-order valence-electron chi connectivity index (χ0n) is 10.2. The fourth-order valence-electron chi connectivity index (χ4n) is 2.23. The molecule has 4 nitrogen and oxygen atoms in total. The van der Waals surface area contributed by atoms with E-state index >= 15 is 0 Å². The molecule has 0 saturated heterocycles. The van der Waals surface area contributed by atoms with Crippen LogP contribution in [0.3, 0.4) is 0 Å². The summed E-state index contributed by atoms with van der Waals surface area (Å²) in [6.07, 6.45) is 2.82. The number of hydrogen-bond donors (Lipinski definition) is 1. The number of carbonyl (C=O) groups is 1. The van der Waals surface area contributed by atoms with Crippen molar-refractivity contribution in [3.63, 3.8) is 0 Å². The number of carbonyl (C=O) groups excluding carboxylic acids is 1. The SMILES string of the molecule is Cc1ccc(NC(=O)c2noc3c2CCC3)cc1. The molecule has 2 aromatic rings. The lowest BCUT2D eigenvalue weighted by Crippen LogP contribution is -2.14. The van der Waals surface area contributed by atoms with Crippen molar-refractivity contribution in [3.05, 3.63) is 46.8 Å². The molecule has 0 bridgehead atoms. The number of amides is 1. The number of anilines is 1. The summed E-state index contributed by atoms with van der Waals surface area (Å²) in [6, 6.07) is 7.69. The van der Waals surface area contributed by atoms with Crippen molar-refractivity contribution in [2.45, 2.75) is 26.2 Å². The van der Waals surface area contributed by atoms with Gasteiger partial charge in [0.1, 0.15) is 5.76 Å². The lowest BCUT2D eigenvalue weighted by Gasteiger charge is -2.03. The van der Waals surface area contributed by atoms with E-state index in [9.17, 15) is 4.79 Å². The molecule has 92 valence electrons. The monoisotopic (exact) mass is 242 g/mol. The van der Waals surface area contributed by atoms with E-state index in [0.717, 1.165) is 41.8 Å². The second-order valence-corrected chi connectivity index (χ2v) is 4.61. The van der Waals surface area contributed by atoms with E-state index in [4.69, 9.17) is 4.52 Å². The number of fused-ring (bicyclic) bond motifs is 1. The quantitative estimate of drug-likeness (QED) is 0.880. The van der Waals surface area contributed by atoms with E-state index in [0.29, 0.717) is 5.69 Å². The Labute approximate surface area is 105 Å². The van der Waals surface area contributed by atoms with Crippen molar-refractivity contribution in [1.29, 1.82) is 0 Å². The van der Waals surface area contributed by atoms with Gasteiger partial charge < -0.3 is 9.84 Å². The lowest BCUT2D eigenvalue weighted by atomic mass is 10.2. The van der Waals surface area contributed by atoms with E-state index in [1.165, 1.54) is 0 Å². The van der Waals surface area contributed by atoms with E-state index in [1.807, 2.05) is 31.2 Å². The number of hydrogen-bond acceptors (Lipinski definition) is 3. The summed E-state index contributed by atoms with van der Waals surface area (Å²) in [7, 11) is 0. The molecule has 1 N–H and O–H groups in total.